The first-order valence-electron chi connectivity index (χ1n) is 13.3. The number of pyridine rings is 1. The van der Waals surface area contributed by atoms with Gasteiger partial charge >= 0.3 is 6.18 Å². The first-order valence-corrected chi connectivity index (χ1v) is 13.3. The van der Waals surface area contributed by atoms with Crippen molar-refractivity contribution in [3.8, 4) is 0 Å². The first-order chi connectivity index (χ1) is 19.3. The Kier molecular flexibility index (Phi) is 7.19. The molecule has 2 aliphatic rings. The number of hydrogen-bond donors (Lipinski definition) is 1. The van der Waals surface area contributed by atoms with Crippen LogP contribution in [0.15, 0.2) is 41.6 Å². The van der Waals surface area contributed by atoms with Gasteiger partial charge in [0.25, 0.3) is 11.5 Å². The molecule has 13 heteroatoms. The molecular weight excluding hydrogens is 547 g/mol. The van der Waals surface area contributed by atoms with E-state index >= 15 is 4.39 Å². The first kappa shape index (κ1) is 28.7. The number of hydrogen-bond acceptors (Lipinski definition) is 5. The fourth-order valence-corrected chi connectivity index (χ4v) is 6.08. The normalized spacial score (nSPS) is 21.4. The van der Waals surface area contributed by atoms with Gasteiger partial charge in [-0.05, 0) is 60.9 Å². The fourth-order valence-electron chi connectivity index (χ4n) is 6.08. The number of aromatic nitrogens is 4. The molecule has 0 aliphatic heterocycles. The van der Waals surface area contributed by atoms with Crippen molar-refractivity contribution < 1.29 is 26.7 Å². The van der Waals surface area contributed by atoms with E-state index in [9.17, 15) is 27.2 Å². The van der Waals surface area contributed by atoms with Gasteiger partial charge in [0.1, 0.15) is 30.1 Å². The Labute approximate surface area is 233 Å². The summed E-state index contributed by atoms with van der Waals surface area (Å²) in [6, 6.07) is 5.82. The zero-order valence-electron chi connectivity index (χ0n) is 22.7. The minimum Gasteiger partial charge on any atom is -0.365 e. The Morgan fingerprint density at radius 3 is 2.46 bits per heavy atom. The SMILES string of the molecule is CC1CC(c2ccc(F)c(N(Cc3cc(C(N)=O)c(=O)n(CC(F)(F)F)c3)CC3(CF)CC3)c2)(c2nncn2C)C1. The number of anilines is 1. The molecule has 2 saturated carbocycles. The number of carbonyl (C=O) groups excluding carboxylic acids is 1. The highest BCUT2D eigenvalue weighted by molar-refractivity contribution is 5.92. The molecule has 1 aromatic carbocycles. The van der Waals surface area contributed by atoms with Crippen LogP contribution in [0.1, 0.15) is 59.9 Å². The van der Waals surface area contributed by atoms with E-state index in [2.05, 4.69) is 17.1 Å². The molecule has 0 bridgehead atoms. The number of nitrogens with two attached hydrogens (primary N) is 1. The summed E-state index contributed by atoms with van der Waals surface area (Å²) in [6.45, 7) is -0.271. The van der Waals surface area contributed by atoms with Crippen molar-refractivity contribution in [1.82, 2.24) is 19.3 Å². The van der Waals surface area contributed by atoms with Gasteiger partial charge in [0, 0.05) is 31.7 Å². The second kappa shape index (κ2) is 10.3. The molecule has 2 heterocycles. The van der Waals surface area contributed by atoms with Gasteiger partial charge in [-0.15, -0.1) is 10.2 Å². The number of rotatable bonds is 10. The summed E-state index contributed by atoms with van der Waals surface area (Å²) in [5.41, 5.74) is 3.33. The molecule has 3 aromatic rings. The molecule has 2 fully saturated rings. The van der Waals surface area contributed by atoms with Crippen LogP contribution in [0.3, 0.4) is 0 Å². The van der Waals surface area contributed by atoms with Crippen molar-refractivity contribution in [1.29, 1.82) is 0 Å². The van der Waals surface area contributed by atoms with Gasteiger partial charge in [0.05, 0.1) is 17.8 Å². The van der Waals surface area contributed by atoms with Crippen LogP contribution in [0.5, 0.6) is 0 Å². The molecule has 0 saturated heterocycles. The minimum atomic E-state index is -4.74. The molecule has 2 aliphatic carbocycles. The van der Waals surface area contributed by atoms with E-state index in [1.54, 1.807) is 23.4 Å². The lowest BCUT2D eigenvalue weighted by molar-refractivity contribution is -0.141. The van der Waals surface area contributed by atoms with E-state index in [0.717, 1.165) is 36.5 Å². The Bertz CT molecular complexity index is 1520. The molecule has 8 nitrogen and oxygen atoms in total. The van der Waals surface area contributed by atoms with Crippen LogP contribution in [-0.2, 0) is 25.6 Å². The van der Waals surface area contributed by atoms with Crippen molar-refractivity contribution in [2.24, 2.45) is 24.1 Å². The summed E-state index contributed by atoms with van der Waals surface area (Å²) in [7, 11) is 1.83. The van der Waals surface area contributed by atoms with Crippen molar-refractivity contribution in [3.63, 3.8) is 0 Å². The molecule has 0 radical (unpaired) electrons. The highest BCUT2D eigenvalue weighted by Crippen LogP contribution is 2.53. The molecule has 5 rings (SSSR count). The molecule has 2 N–H and O–H groups in total. The molecule has 2 aromatic heterocycles. The van der Waals surface area contributed by atoms with Crippen LogP contribution >= 0.6 is 0 Å². The van der Waals surface area contributed by atoms with E-state index in [1.807, 2.05) is 11.6 Å². The Morgan fingerprint density at radius 2 is 1.93 bits per heavy atom. The third kappa shape index (κ3) is 5.58. The van der Waals surface area contributed by atoms with Gasteiger partial charge in [-0.25, -0.2) is 4.39 Å². The highest BCUT2D eigenvalue weighted by Gasteiger charge is 2.49. The smallest absolute Gasteiger partial charge is 0.365 e. The molecule has 0 spiro atoms. The maximum Gasteiger partial charge on any atom is 0.406 e. The van der Waals surface area contributed by atoms with Gasteiger partial charge in [0.15, 0.2) is 0 Å². The summed E-state index contributed by atoms with van der Waals surface area (Å²) in [5.74, 6) is -0.658. The van der Waals surface area contributed by atoms with Crippen molar-refractivity contribution >= 4 is 11.6 Å². The maximum absolute atomic E-state index is 15.6. The lowest BCUT2D eigenvalue weighted by Gasteiger charge is -2.46. The quantitative estimate of drug-likeness (QED) is 0.363. The highest BCUT2D eigenvalue weighted by atomic mass is 19.4. The molecule has 220 valence electrons. The number of benzene rings is 1. The van der Waals surface area contributed by atoms with Crippen molar-refractivity contribution in [3.05, 3.63) is 75.5 Å². The number of amides is 1. The van der Waals surface area contributed by atoms with Gasteiger partial charge < -0.3 is 19.8 Å². The van der Waals surface area contributed by atoms with Gasteiger partial charge in [-0.1, -0.05) is 13.0 Å². The number of carbonyl (C=O) groups is 1. The van der Waals surface area contributed by atoms with E-state index in [0.29, 0.717) is 23.3 Å². The molecule has 0 unspecified atom stereocenters. The standard InChI is InChI=1S/C28H31F5N6O2/c1-17-9-27(10-17,25-36-35-16-37(25)2)19-3-4-21(30)22(8-19)38(14-26(13-29)5-6-26)11-18-7-20(23(34)40)24(41)39(12-18)15-28(31,32)33/h3-4,7-8,12,16-17H,5-6,9-11,13-15H2,1-2H3,(H2,34,40). The fraction of sp³-hybridized carbons (Fsp3) is 0.500. The minimum absolute atomic E-state index is 0.0849. The predicted molar refractivity (Wildman–Crippen MR) is 141 cm³/mol. The summed E-state index contributed by atoms with van der Waals surface area (Å²) in [5, 5.41) is 8.35. The maximum atomic E-state index is 15.6. The van der Waals surface area contributed by atoms with E-state index in [4.69, 9.17) is 5.73 Å². The largest absolute Gasteiger partial charge is 0.406 e. The van der Waals surface area contributed by atoms with Crippen molar-refractivity contribution in [2.75, 3.05) is 18.1 Å². The number of halogens is 5. The van der Waals surface area contributed by atoms with Crippen LogP contribution in [0, 0.1) is 17.2 Å². The summed E-state index contributed by atoms with van der Waals surface area (Å²) in [6.07, 6.45) is 0.496. The summed E-state index contributed by atoms with van der Waals surface area (Å²) in [4.78, 5) is 26.0. The van der Waals surface area contributed by atoms with Crippen LogP contribution in [0.4, 0.5) is 27.6 Å². The Hall–Kier alpha value is -3.77. The van der Waals surface area contributed by atoms with Crippen LogP contribution in [-0.4, -0.2) is 44.6 Å². The van der Waals surface area contributed by atoms with Gasteiger partial charge in [-0.3, -0.25) is 14.0 Å². The molecule has 1 amide bonds. The Morgan fingerprint density at radius 1 is 1.22 bits per heavy atom. The second-order valence-electron chi connectivity index (χ2n) is 11.7. The zero-order valence-corrected chi connectivity index (χ0v) is 22.7. The van der Waals surface area contributed by atoms with E-state index < -0.39 is 53.1 Å². The zero-order chi connectivity index (χ0) is 29.7. The monoisotopic (exact) mass is 578 g/mol. The lowest BCUT2D eigenvalue weighted by Crippen LogP contribution is -2.43. The Balaban J connectivity index is 1.59. The molecular formula is C28H31F5N6O2. The predicted octanol–water partition coefficient (Wildman–Crippen LogP) is 4.25. The third-order valence-corrected chi connectivity index (χ3v) is 8.27. The number of primary amides is 1. The second-order valence-corrected chi connectivity index (χ2v) is 11.7. The van der Waals surface area contributed by atoms with Crippen LogP contribution < -0.4 is 16.2 Å². The number of alkyl halides is 4. The topological polar surface area (TPSA) is 99.0 Å². The summed E-state index contributed by atoms with van der Waals surface area (Å²) >= 11 is 0. The van der Waals surface area contributed by atoms with E-state index in [1.165, 1.54) is 6.07 Å². The van der Waals surface area contributed by atoms with E-state index in [-0.39, 0.29) is 24.3 Å². The molecule has 0 atom stereocenters. The number of nitrogens with zero attached hydrogens (tertiary/aromatic N) is 5. The van der Waals surface area contributed by atoms with Gasteiger partial charge in [-0.2, -0.15) is 13.2 Å². The third-order valence-electron chi connectivity index (χ3n) is 8.27. The van der Waals surface area contributed by atoms with Crippen LogP contribution in [0.25, 0.3) is 0 Å². The number of aryl methyl sites for hydroxylation is 1. The lowest BCUT2D eigenvalue weighted by atomic mass is 9.58. The summed E-state index contributed by atoms with van der Waals surface area (Å²) < 4.78 is 71.5. The molecule has 41 heavy (non-hydrogen) atoms. The van der Waals surface area contributed by atoms with Crippen LogP contribution in [0.2, 0.25) is 0 Å². The van der Waals surface area contributed by atoms with Crippen molar-refractivity contribution in [2.45, 2.75) is 57.3 Å². The van der Waals surface area contributed by atoms with Gasteiger partial charge in [0.2, 0.25) is 0 Å². The average molecular weight is 579 g/mol. The average Bonchev–Trinajstić information content (AvgIpc) is 3.52.